The summed E-state index contributed by atoms with van der Waals surface area (Å²) < 4.78 is 0. The molecule has 0 aromatic carbocycles. The maximum absolute atomic E-state index is 14.5. The van der Waals surface area contributed by atoms with E-state index in [-0.39, 0.29) is 57.4 Å². The number of primary amides is 1. The van der Waals surface area contributed by atoms with E-state index in [4.69, 9.17) is 16.6 Å². The van der Waals surface area contributed by atoms with Gasteiger partial charge in [-0.05, 0) is 116 Å². The summed E-state index contributed by atoms with van der Waals surface area (Å²) in [6.45, 7) is 14.1. The van der Waals surface area contributed by atoms with Crippen LogP contribution in [0.15, 0.2) is 0 Å². The van der Waals surface area contributed by atoms with Crippen LogP contribution >= 0.6 is 11.8 Å². The number of likely N-dealkylation sites (tertiary alicyclic amines) is 2. The van der Waals surface area contributed by atoms with Crippen LogP contribution in [0.4, 0.5) is 0 Å². The van der Waals surface area contributed by atoms with Crippen LogP contribution in [0.5, 0.6) is 0 Å². The first-order valence-electron chi connectivity index (χ1n) is 36.0. The summed E-state index contributed by atoms with van der Waals surface area (Å²) >= 11 is 1.29. The molecule has 2 rings (SSSR count). The molecular weight excluding hydrogens is 1460 g/mol. The monoisotopic (exact) mass is 1570 g/mol. The van der Waals surface area contributed by atoms with Gasteiger partial charge < -0.3 is 121 Å². The summed E-state index contributed by atoms with van der Waals surface area (Å²) in [5.74, 6) is -20.8. The lowest BCUT2D eigenvalue weighted by Gasteiger charge is -2.32. The molecule has 0 unspecified atom stereocenters. The highest BCUT2D eigenvalue weighted by Crippen LogP contribution is 2.23. The largest absolute Gasteiger partial charge is 0.481 e. The second-order valence-corrected chi connectivity index (χ2v) is 28.9. The minimum Gasteiger partial charge on any atom is -0.481 e. The molecule has 2 fully saturated rings. The average molecular weight is 1570 g/mol. The normalized spacial score (nSPS) is 18.8. The molecule has 0 saturated carbocycles. The maximum Gasteiger partial charge on any atom is 0.326 e. The van der Waals surface area contributed by atoms with Crippen molar-refractivity contribution in [3.63, 3.8) is 0 Å². The molecule has 23 N–H and O–H groups in total. The number of aliphatic carboxylic acids is 3. The molecule has 0 radical (unpaired) electrons. The number of nitrogens with one attached hydrogen (secondary N) is 12. The Morgan fingerprint density at radius 3 is 1.26 bits per heavy atom. The van der Waals surface area contributed by atoms with Gasteiger partial charge in [-0.1, -0.05) is 48.0 Å². The minimum atomic E-state index is -1.87. The van der Waals surface area contributed by atoms with Gasteiger partial charge in [-0.15, -0.1) is 0 Å². The quantitative estimate of drug-likeness (QED) is 0.0269. The molecule has 19 atom stereocenters. The molecule has 0 bridgehead atoms. The minimum absolute atomic E-state index is 0.0314. The van der Waals surface area contributed by atoms with Crippen LogP contribution in [-0.4, -0.2) is 293 Å². The number of carboxylic acid groups (broad SMARTS) is 3. The molecule has 0 aliphatic carbocycles. The van der Waals surface area contributed by atoms with Crippen LogP contribution in [0.25, 0.3) is 0 Å². The summed E-state index contributed by atoms with van der Waals surface area (Å²) in [5, 5.41) is 98.1. The van der Waals surface area contributed by atoms with Crippen molar-refractivity contribution in [1.29, 1.82) is 0 Å². The Bertz CT molecular complexity index is 3240. The first-order chi connectivity index (χ1) is 50.8. The molecule has 2 heterocycles. The van der Waals surface area contributed by atoms with Crippen LogP contribution in [0.2, 0.25) is 0 Å². The van der Waals surface area contributed by atoms with Crippen molar-refractivity contribution < 1.29 is 122 Å². The molecule has 0 aromatic heterocycles. The number of aliphatic hydroxyl groups excluding tert-OH is 4. The van der Waals surface area contributed by atoms with Crippen LogP contribution < -0.4 is 75.3 Å². The number of hydrogen-bond donors (Lipinski definition) is 21. The molecule has 109 heavy (non-hydrogen) atoms. The predicted octanol–water partition coefficient (Wildman–Crippen LogP) is -7.52. The second kappa shape index (κ2) is 46.2. The van der Waals surface area contributed by atoms with Gasteiger partial charge in [0, 0.05) is 32.4 Å². The fourth-order valence-electron chi connectivity index (χ4n) is 11.5. The van der Waals surface area contributed by atoms with E-state index in [1.165, 1.54) is 46.4 Å². The van der Waals surface area contributed by atoms with Crippen LogP contribution in [-0.2, 0) is 86.3 Å². The molecule has 0 aromatic rings. The Morgan fingerprint density at radius 1 is 0.422 bits per heavy atom. The van der Waals surface area contributed by atoms with Crippen molar-refractivity contribution in [2.24, 2.45) is 29.2 Å². The van der Waals surface area contributed by atoms with Crippen molar-refractivity contribution in [3.8, 4) is 0 Å². The van der Waals surface area contributed by atoms with Crippen molar-refractivity contribution in [2.75, 3.05) is 31.7 Å². The second-order valence-electron chi connectivity index (χ2n) is 27.9. The molecule has 2 saturated heterocycles. The van der Waals surface area contributed by atoms with Gasteiger partial charge in [0.1, 0.15) is 90.6 Å². The van der Waals surface area contributed by atoms with Gasteiger partial charge in [0.2, 0.25) is 88.6 Å². The average Bonchev–Trinajstić information content (AvgIpc) is 1.75. The summed E-state index contributed by atoms with van der Waals surface area (Å²) in [7, 11) is 0. The van der Waals surface area contributed by atoms with Gasteiger partial charge in [0.25, 0.3) is 0 Å². The van der Waals surface area contributed by atoms with Crippen LogP contribution in [0.1, 0.15) is 153 Å². The highest BCUT2D eigenvalue weighted by atomic mass is 32.2. The fourth-order valence-corrected chi connectivity index (χ4v) is 12.0. The van der Waals surface area contributed by atoms with Gasteiger partial charge in [0.15, 0.2) is 0 Å². The number of aliphatic hydroxyl groups is 4. The van der Waals surface area contributed by atoms with Gasteiger partial charge in [-0.25, -0.2) is 4.79 Å². The van der Waals surface area contributed by atoms with Crippen LogP contribution in [0, 0.1) is 17.8 Å². The van der Waals surface area contributed by atoms with E-state index >= 15 is 0 Å². The van der Waals surface area contributed by atoms with Crippen molar-refractivity contribution >= 4 is 118 Å². The van der Waals surface area contributed by atoms with E-state index in [1.54, 1.807) is 34.0 Å². The summed E-state index contributed by atoms with van der Waals surface area (Å²) in [4.78, 5) is 242. The zero-order valence-corrected chi connectivity index (χ0v) is 64.2. The number of nitrogens with zero attached hydrogens (tertiary/aromatic N) is 2. The summed E-state index contributed by atoms with van der Waals surface area (Å²) in [6, 6.07) is -23.0. The Kier molecular flexibility index (Phi) is 40.6. The molecule has 616 valence electrons. The maximum atomic E-state index is 14.5. The van der Waals surface area contributed by atoms with E-state index in [1.807, 2.05) is 0 Å². The highest BCUT2D eigenvalue weighted by Gasteiger charge is 2.44. The Hall–Kier alpha value is -9.39. The smallest absolute Gasteiger partial charge is 0.326 e. The number of nitrogens with two attached hydrogens (primary N) is 2. The van der Waals surface area contributed by atoms with E-state index in [2.05, 4.69) is 63.8 Å². The third-order valence-corrected chi connectivity index (χ3v) is 18.9. The lowest BCUT2D eigenvalue weighted by Crippen LogP contribution is -2.63. The fraction of sp³-hybridized carbons (Fsp3) is 0.731. The van der Waals surface area contributed by atoms with E-state index in [9.17, 15) is 117 Å². The van der Waals surface area contributed by atoms with Crippen molar-refractivity contribution in [2.45, 2.75) is 262 Å². The summed E-state index contributed by atoms with van der Waals surface area (Å²) in [5.41, 5.74) is 11.2. The lowest BCUT2D eigenvalue weighted by atomic mass is 9.96. The number of thioether (sulfide) groups is 1. The Labute approximate surface area is 634 Å². The first kappa shape index (κ1) is 95.7. The molecule has 0 spiro atoms. The van der Waals surface area contributed by atoms with E-state index < -0.39 is 278 Å². The predicted molar refractivity (Wildman–Crippen MR) is 386 cm³/mol. The topological polar surface area (TPSA) is 652 Å². The Morgan fingerprint density at radius 2 is 0.798 bits per heavy atom. The number of carbonyl (C=O) groups excluding carboxylic acids is 15. The zero-order valence-electron chi connectivity index (χ0n) is 63.4. The number of amides is 15. The molecule has 42 heteroatoms. The Balaban J connectivity index is 2.29. The van der Waals surface area contributed by atoms with Gasteiger partial charge in [0.05, 0.1) is 24.9 Å². The standard InChI is InChI=1S/C67H112N16O25S/c1-13-31(6)50(79-61(101)49(30(4)5)77-55(95)38(19-22-45(89)90)72-59(99)47(69)34(9)85)62(102)76-41(28-84)56(96)80-51(35(10)86)64(104)71-33(8)65(105)82-25-14-16-42(82)57(97)78-48(29(2)3)60(100)73-37(18-21-44(68)88)54(94)74-39(24-27-109-12)66(106)83-26-15-17-43(83)58(98)81-52(36(11)87)63(103)70-32(7)53(93)75-40(67(107)108)20-23-46(91)92/h29-43,47-52,84-87H,13-28,69H2,1-12H3,(H2,68,88)(H,70,103)(H,71,104)(H,72,99)(H,73,100)(H,74,94)(H,75,93)(H,76,102)(H,77,95)(H,78,97)(H,79,101)(H,80,96)(H,81,98)(H,89,90)(H,91,92)(H,107,108)/t31-,32-,33-,34+,35+,36+,37-,38-,39-,40-,41-,42-,43-,47-,48-,49-,50-,51-,52-/m0/s1. The highest BCUT2D eigenvalue weighted by molar-refractivity contribution is 7.98. The SMILES string of the molecule is CC[C@H](C)[C@H](NC(=O)[C@@H](NC(=O)[C@H](CCC(=O)O)NC(=O)[C@@H](N)[C@@H](C)O)C(C)C)C(=O)N[C@@H](CO)C(=O)N[C@H](C(=O)N[C@@H](C)C(=O)N1CCC[C@H]1C(=O)N[C@H](C(=O)N[C@@H](CCC(N)=O)C(=O)N[C@@H](CCSC)C(=O)N1CCC[C@H]1C(=O)N[C@H](C(=O)N[C@@H](C)C(=O)N[C@@H](CCC(=O)O)C(=O)O)[C@@H](C)O)C(C)C)[C@@H](C)O. The zero-order chi connectivity index (χ0) is 83.2. The van der Waals surface area contributed by atoms with Crippen LogP contribution in [0.3, 0.4) is 0 Å². The molecule has 15 amide bonds. The number of hydrogen-bond acceptors (Lipinski definition) is 24. The van der Waals surface area contributed by atoms with Gasteiger partial charge in [-0.2, -0.15) is 11.8 Å². The van der Waals surface area contributed by atoms with E-state index in [0.29, 0.717) is 0 Å². The number of carbonyl (C=O) groups is 18. The number of rotatable bonds is 47. The third kappa shape index (κ3) is 30.5. The molecular formula is C67H112N16O25S. The third-order valence-electron chi connectivity index (χ3n) is 18.3. The molecule has 41 nitrogen and oxygen atoms in total. The van der Waals surface area contributed by atoms with Gasteiger partial charge >= 0.3 is 17.9 Å². The molecule has 2 aliphatic rings. The van der Waals surface area contributed by atoms with Gasteiger partial charge in [-0.3, -0.25) is 81.5 Å². The van der Waals surface area contributed by atoms with Crippen molar-refractivity contribution in [1.82, 2.24) is 73.6 Å². The van der Waals surface area contributed by atoms with E-state index in [0.717, 1.165) is 23.6 Å². The first-order valence-corrected chi connectivity index (χ1v) is 37.3. The molecule has 2 aliphatic heterocycles. The number of carboxylic acids is 3. The van der Waals surface area contributed by atoms with Crippen molar-refractivity contribution in [3.05, 3.63) is 0 Å². The summed E-state index contributed by atoms with van der Waals surface area (Å²) in [6.07, 6.45) is -5.24. The lowest BCUT2D eigenvalue weighted by molar-refractivity contribution is -0.144.